The lowest BCUT2D eigenvalue weighted by Gasteiger charge is -2.06. The average molecular weight is 245 g/mol. The molecule has 2 rings (SSSR count). The van der Waals surface area contributed by atoms with E-state index in [2.05, 4.69) is 0 Å². The summed E-state index contributed by atoms with van der Waals surface area (Å²) in [4.78, 5) is 11.7. The summed E-state index contributed by atoms with van der Waals surface area (Å²) in [5.74, 6) is 0.447. The molecule has 0 spiro atoms. The molecule has 0 saturated carbocycles. The van der Waals surface area contributed by atoms with E-state index in [9.17, 15) is 4.79 Å². The van der Waals surface area contributed by atoms with Crippen LogP contribution in [0, 0.1) is 0 Å². The van der Waals surface area contributed by atoms with Gasteiger partial charge in [0.2, 0.25) is 0 Å². The van der Waals surface area contributed by atoms with E-state index in [-0.39, 0.29) is 5.97 Å². The number of aromatic nitrogens is 1. The van der Waals surface area contributed by atoms with Gasteiger partial charge in [-0.2, -0.15) is 0 Å². The van der Waals surface area contributed by atoms with E-state index in [1.807, 2.05) is 43.6 Å². The first kappa shape index (κ1) is 12.2. The second kappa shape index (κ2) is 4.96. The van der Waals surface area contributed by atoms with Crippen molar-refractivity contribution in [3.05, 3.63) is 42.2 Å². The standard InChI is InChI=1S/C14H15NO3/c1-15-9-8-12(13(15)14(16)18-3)10-4-6-11(17-2)7-5-10/h4-9H,1-3H3. The number of aryl methyl sites for hydroxylation is 1. The number of carbonyl (C=O) groups is 1. The van der Waals surface area contributed by atoms with Gasteiger partial charge in [0.15, 0.2) is 0 Å². The van der Waals surface area contributed by atoms with Crippen molar-refractivity contribution in [3.63, 3.8) is 0 Å². The Kier molecular flexibility index (Phi) is 3.37. The number of esters is 1. The number of rotatable bonds is 3. The molecule has 0 aliphatic rings. The van der Waals surface area contributed by atoms with Crippen molar-refractivity contribution in [1.29, 1.82) is 0 Å². The van der Waals surface area contributed by atoms with Crippen LogP contribution in [-0.4, -0.2) is 24.8 Å². The van der Waals surface area contributed by atoms with Crippen molar-refractivity contribution in [2.75, 3.05) is 14.2 Å². The van der Waals surface area contributed by atoms with Crippen molar-refractivity contribution < 1.29 is 14.3 Å². The zero-order valence-electron chi connectivity index (χ0n) is 10.6. The second-order valence-electron chi connectivity index (χ2n) is 3.91. The van der Waals surface area contributed by atoms with Gasteiger partial charge in [0.1, 0.15) is 11.4 Å². The summed E-state index contributed by atoms with van der Waals surface area (Å²) >= 11 is 0. The fraction of sp³-hybridized carbons (Fsp3) is 0.214. The molecule has 0 aliphatic carbocycles. The van der Waals surface area contributed by atoms with Crippen molar-refractivity contribution in [2.45, 2.75) is 0 Å². The predicted molar refractivity (Wildman–Crippen MR) is 68.7 cm³/mol. The lowest BCUT2D eigenvalue weighted by atomic mass is 10.1. The number of hydrogen-bond donors (Lipinski definition) is 0. The van der Waals surface area contributed by atoms with E-state index in [1.165, 1.54) is 7.11 Å². The monoisotopic (exact) mass is 245 g/mol. The highest BCUT2D eigenvalue weighted by atomic mass is 16.5. The van der Waals surface area contributed by atoms with Crippen molar-refractivity contribution >= 4 is 5.97 Å². The van der Waals surface area contributed by atoms with E-state index < -0.39 is 0 Å². The molecule has 2 aromatic rings. The van der Waals surface area contributed by atoms with Crippen LogP contribution in [0.5, 0.6) is 5.75 Å². The largest absolute Gasteiger partial charge is 0.497 e. The lowest BCUT2D eigenvalue weighted by molar-refractivity contribution is 0.0591. The van der Waals surface area contributed by atoms with Crippen LogP contribution in [0.2, 0.25) is 0 Å². The number of methoxy groups -OCH3 is 2. The van der Waals surface area contributed by atoms with Crippen molar-refractivity contribution in [2.24, 2.45) is 7.05 Å². The second-order valence-corrected chi connectivity index (χ2v) is 3.91. The summed E-state index contributed by atoms with van der Waals surface area (Å²) < 4.78 is 11.7. The van der Waals surface area contributed by atoms with Gasteiger partial charge in [0, 0.05) is 18.8 Å². The molecule has 0 amide bonds. The first-order chi connectivity index (χ1) is 8.67. The van der Waals surface area contributed by atoms with Gasteiger partial charge in [0.25, 0.3) is 0 Å². The Balaban J connectivity index is 2.47. The van der Waals surface area contributed by atoms with E-state index in [1.54, 1.807) is 11.7 Å². The third-order valence-electron chi connectivity index (χ3n) is 2.85. The van der Waals surface area contributed by atoms with Crippen LogP contribution in [-0.2, 0) is 11.8 Å². The van der Waals surface area contributed by atoms with E-state index in [0.29, 0.717) is 5.69 Å². The normalized spacial score (nSPS) is 10.2. The van der Waals surface area contributed by atoms with Crippen molar-refractivity contribution in [3.8, 4) is 16.9 Å². The number of ether oxygens (including phenoxy) is 2. The van der Waals surface area contributed by atoms with Crippen LogP contribution in [0.3, 0.4) is 0 Å². The Hall–Kier alpha value is -2.23. The van der Waals surface area contributed by atoms with Gasteiger partial charge in [-0.1, -0.05) is 12.1 Å². The molecule has 1 aromatic carbocycles. The number of hydrogen-bond acceptors (Lipinski definition) is 3. The fourth-order valence-corrected chi connectivity index (χ4v) is 1.88. The summed E-state index contributed by atoms with van der Waals surface area (Å²) in [7, 11) is 4.82. The smallest absolute Gasteiger partial charge is 0.355 e. The molecule has 0 fully saturated rings. The minimum atomic E-state index is -0.340. The molecule has 94 valence electrons. The van der Waals surface area contributed by atoms with Gasteiger partial charge >= 0.3 is 5.97 Å². The maximum absolute atomic E-state index is 11.7. The highest BCUT2D eigenvalue weighted by molar-refractivity contribution is 5.95. The summed E-state index contributed by atoms with van der Waals surface area (Å²) in [5.41, 5.74) is 2.35. The maximum Gasteiger partial charge on any atom is 0.355 e. The van der Waals surface area contributed by atoms with Crippen LogP contribution in [0.15, 0.2) is 36.5 Å². The summed E-state index contributed by atoms with van der Waals surface area (Å²) in [6, 6.07) is 9.46. The maximum atomic E-state index is 11.7. The minimum Gasteiger partial charge on any atom is -0.497 e. The van der Waals surface area contributed by atoms with Gasteiger partial charge in [0.05, 0.1) is 14.2 Å². The molecule has 0 N–H and O–H groups in total. The minimum absolute atomic E-state index is 0.340. The molecule has 0 atom stereocenters. The molecule has 0 bridgehead atoms. The van der Waals surface area contributed by atoms with Gasteiger partial charge < -0.3 is 14.0 Å². The molecule has 4 heteroatoms. The molecular weight excluding hydrogens is 230 g/mol. The van der Waals surface area contributed by atoms with Crippen LogP contribution >= 0.6 is 0 Å². The molecule has 0 unspecified atom stereocenters. The van der Waals surface area contributed by atoms with Crippen LogP contribution in [0.4, 0.5) is 0 Å². The third-order valence-corrected chi connectivity index (χ3v) is 2.85. The van der Waals surface area contributed by atoms with Gasteiger partial charge in [-0.15, -0.1) is 0 Å². The first-order valence-corrected chi connectivity index (χ1v) is 5.55. The highest BCUT2D eigenvalue weighted by Crippen LogP contribution is 2.26. The number of carbonyl (C=O) groups excluding carboxylic acids is 1. The molecular formula is C14H15NO3. The molecule has 1 aromatic heterocycles. The Labute approximate surface area is 106 Å². The van der Waals surface area contributed by atoms with Gasteiger partial charge in [-0.05, 0) is 23.8 Å². The first-order valence-electron chi connectivity index (χ1n) is 5.55. The van der Waals surface area contributed by atoms with E-state index in [4.69, 9.17) is 9.47 Å². The molecule has 4 nitrogen and oxygen atoms in total. The Morgan fingerprint density at radius 3 is 2.33 bits per heavy atom. The Bertz CT molecular complexity index is 555. The van der Waals surface area contributed by atoms with E-state index in [0.717, 1.165) is 16.9 Å². The summed E-state index contributed by atoms with van der Waals surface area (Å²) in [6.45, 7) is 0. The number of benzene rings is 1. The third kappa shape index (κ3) is 2.09. The number of nitrogens with zero attached hydrogens (tertiary/aromatic N) is 1. The van der Waals surface area contributed by atoms with Crippen LogP contribution < -0.4 is 4.74 Å². The molecule has 0 radical (unpaired) electrons. The topological polar surface area (TPSA) is 40.5 Å². The summed E-state index contributed by atoms with van der Waals surface area (Å²) in [5, 5.41) is 0. The Morgan fingerprint density at radius 1 is 1.11 bits per heavy atom. The van der Waals surface area contributed by atoms with Crippen LogP contribution in [0.1, 0.15) is 10.5 Å². The van der Waals surface area contributed by atoms with Gasteiger partial charge in [-0.3, -0.25) is 0 Å². The van der Waals surface area contributed by atoms with Gasteiger partial charge in [-0.25, -0.2) is 4.79 Å². The zero-order valence-corrected chi connectivity index (χ0v) is 10.6. The van der Waals surface area contributed by atoms with Crippen LogP contribution in [0.25, 0.3) is 11.1 Å². The average Bonchev–Trinajstić information content (AvgIpc) is 2.80. The molecule has 0 aliphatic heterocycles. The molecule has 0 saturated heterocycles. The fourth-order valence-electron chi connectivity index (χ4n) is 1.88. The SMILES string of the molecule is COC(=O)c1c(-c2ccc(OC)cc2)ccn1C. The zero-order chi connectivity index (χ0) is 13.1. The summed E-state index contributed by atoms with van der Waals surface area (Å²) in [6.07, 6.45) is 1.84. The van der Waals surface area contributed by atoms with E-state index >= 15 is 0 Å². The molecule has 1 heterocycles. The van der Waals surface area contributed by atoms with Crippen molar-refractivity contribution in [1.82, 2.24) is 4.57 Å². The quantitative estimate of drug-likeness (QED) is 0.780. The lowest BCUT2D eigenvalue weighted by Crippen LogP contribution is -2.08. The predicted octanol–water partition coefficient (Wildman–Crippen LogP) is 2.49. The Morgan fingerprint density at radius 2 is 1.78 bits per heavy atom. The highest BCUT2D eigenvalue weighted by Gasteiger charge is 2.17. The molecule has 18 heavy (non-hydrogen) atoms.